The number of carbonyl (C=O) groups is 2. The molecule has 1 aliphatic heterocycles. The van der Waals surface area contributed by atoms with Gasteiger partial charge in [-0.3, -0.25) is 9.69 Å². The highest BCUT2D eigenvalue weighted by atomic mass is 28.4. The van der Waals surface area contributed by atoms with E-state index in [1.807, 2.05) is 68.4 Å². The predicted octanol–water partition coefficient (Wildman–Crippen LogP) is 7.57. The van der Waals surface area contributed by atoms with E-state index in [1.165, 1.54) is 4.90 Å². The summed E-state index contributed by atoms with van der Waals surface area (Å²) in [4.78, 5) is 28.7. The number of hydrogen-bond donors (Lipinski definition) is 0. The number of ketones is 1. The molecule has 2 aliphatic rings. The van der Waals surface area contributed by atoms with Crippen molar-refractivity contribution in [1.82, 2.24) is 4.90 Å². The van der Waals surface area contributed by atoms with Gasteiger partial charge in [-0.2, -0.15) is 0 Å². The molecule has 0 spiro atoms. The Hall–Kier alpha value is -3.34. The predicted molar refractivity (Wildman–Crippen MR) is 185 cm³/mol. The van der Waals surface area contributed by atoms with Crippen molar-refractivity contribution in [3.63, 3.8) is 0 Å². The van der Waals surface area contributed by atoms with Crippen LogP contribution in [0.4, 0.5) is 4.79 Å². The van der Waals surface area contributed by atoms with Crippen molar-refractivity contribution in [2.45, 2.75) is 83.3 Å². The third-order valence-corrected chi connectivity index (χ3v) is 13.9. The second-order valence-corrected chi connectivity index (χ2v) is 19.3. The number of benzene rings is 3. The van der Waals surface area contributed by atoms with Crippen LogP contribution in [0, 0.1) is 0 Å². The average molecular weight is 660 g/mol. The molecule has 0 unspecified atom stereocenters. The van der Waals surface area contributed by atoms with E-state index < -0.39 is 32.4 Å². The number of nitrogens with zero attached hydrogens (tertiary/aromatic N) is 1. The van der Waals surface area contributed by atoms with Crippen LogP contribution < -0.4 is 0 Å². The Balaban J connectivity index is 1.30. The van der Waals surface area contributed by atoms with Gasteiger partial charge in [-0.25, -0.2) is 4.79 Å². The molecule has 0 radical (unpaired) electrons. The Labute approximate surface area is 280 Å². The van der Waals surface area contributed by atoms with Gasteiger partial charge in [0.1, 0.15) is 18.8 Å². The Bertz CT molecular complexity index is 1490. The molecule has 47 heavy (non-hydrogen) atoms. The smallest absolute Gasteiger partial charge is 0.410 e. The summed E-state index contributed by atoms with van der Waals surface area (Å²) in [5, 5.41) is -0.0483. The SMILES string of the molecule is CC1(C)O[C@@H](COCc2ccccc2)[C@H](CN(CC(=O)CO[Si](C)(C)C(C)(C)C)C(=O)OCC2c3ccccc3-c3ccccc32)O1. The molecule has 0 aromatic heterocycles. The average Bonchev–Trinajstić information content (AvgIpc) is 3.50. The number of Topliss-reactive ketones (excluding diaryl/α,β-unsaturated/α-hetero) is 1. The van der Waals surface area contributed by atoms with E-state index in [0.717, 1.165) is 27.8 Å². The van der Waals surface area contributed by atoms with Gasteiger partial charge >= 0.3 is 6.09 Å². The summed E-state index contributed by atoms with van der Waals surface area (Å²) in [5.74, 6) is -1.18. The molecule has 1 heterocycles. The zero-order valence-corrected chi connectivity index (χ0v) is 29.8. The summed E-state index contributed by atoms with van der Waals surface area (Å²) in [5.41, 5.74) is 5.59. The zero-order chi connectivity index (χ0) is 33.8. The lowest BCUT2D eigenvalue weighted by atomic mass is 9.98. The fourth-order valence-electron chi connectivity index (χ4n) is 5.91. The van der Waals surface area contributed by atoms with E-state index in [2.05, 4.69) is 58.1 Å². The van der Waals surface area contributed by atoms with Crippen LogP contribution in [0.5, 0.6) is 0 Å². The highest BCUT2D eigenvalue weighted by Crippen LogP contribution is 2.44. The Morgan fingerprint density at radius 1 is 0.830 bits per heavy atom. The molecule has 1 amide bonds. The van der Waals surface area contributed by atoms with Gasteiger partial charge in [0.2, 0.25) is 0 Å². The number of ether oxygens (including phenoxy) is 4. The van der Waals surface area contributed by atoms with Crippen LogP contribution in [-0.2, 0) is 34.8 Å². The van der Waals surface area contributed by atoms with Crippen molar-refractivity contribution in [3.05, 3.63) is 95.6 Å². The fraction of sp³-hybridized carbons (Fsp3) is 0.474. The molecule has 5 rings (SSSR count). The standard InChI is InChI=1S/C38H49NO7Si/c1-37(2,3)47(6,7)44-24-28(40)21-39(22-34-35(46-38(4,5)45-34)26-42-23-27-15-9-8-10-16-27)36(41)43-25-33-31-19-13-11-17-29(31)30-18-12-14-20-32(30)33/h8-20,33-35H,21-26H2,1-7H3/t34-,35-/m0/s1. The quantitative estimate of drug-likeness (QED) is 0.175. The molecule has 0 bridgehead atoms. The van der Waals surface area contributed by atoms with Gasteiger partial charge in [0, 0.05) is 5.92 Å². The second-order valence-electron chi connectivity index (χ2n) is 14.5. The monoisotopic (exact) mass is 659 g/mol. The van der Waals surface area contributed by atoms with Crippen LogP contribution in [-0.4, -0.2) is 76.0 Å². The highest BCUT2D eigenvalue weighted by molar-refractivity contribution is 6.74. The topological polar surface area (TPSA) is 83.5 Å². The minimum Gasteiger partial charge on any atom is -0.448 e. The van der Waals surface area contributed by atoms with Crippen LogP contribution in [0.25, 0.3) is 11.1 Å². The molecule has 0 saturated carbocycles. The maximum Gasteiger partial charge on any atom is 0.410 e. The minimum absolute atomic E-state index is 0.0483. The van der Waals surface area contributed by atoms with Crippen molar-refractivity contribution in [1.29, 1.82) is 0 Å². The van der Waals surface area contributed by atoms with Gasteiger partial charge in [0.05, 0.1) is 32.9 Å². The number of fused-ring (bicyclic) bond motifs is 3. The summed E-state index contributed by atoms with van der Waals surface area (Å²) in [6.45, 7) is 15.0. The maximum absolute atomic E-state index is 13.9. The van der Waals surface area contributed by atoms with Gasteiger partial charge in [-0.05, 0) is 59.8 Å². The Kier molecular flexibility index (Phi) is 10.7. The van der Waals surface area contributed by atoms with Crippen molar-refractivity contribution in [2.75, 3.05) is 32.9 Å². The van der Waals surface area contributed by atoms with Crippen LogP contribution in [0.2, 0.25) is 18.1 Å². The van der Waals surface area contributed by atoms with E-state index in [1.54, 1.807) is 0 Å². The minimum atomic E-state index is -2.17. The lowest BCUT2D eigenvalue weighted by molar-refractivity contribution is -0.152. The molecule has 3 aromatic rings. The third-order valence-electron chi connectivity index (χ3n) is 9.44. The molecular formula is C38H49NO7Si. The van der Waals surface area contributed by atoms with Crippen molar-refractivity contribution < 1.29 is 33.0 Å². The summed E-state index contributed by atoms with van der Waals surface area (Å²) in [6.07, 6.45) is -1.56. The Morgan fingerprint density at radius 3 is 2.02 bits per heavy atom. The summed E-state index contributed by atoms with van der Waals surface area (Å²) in [7, 11) is -2.17. The largest absolute Gasteiger partial charge is 0.448 e. The van der Waals surface area contributed by atoms with Gasteiger partial charge in [-0.1, -0.05) is 99.6 Å². The first kappa shape index (κ1) is 35.0. The number of rotatable bonds is 13. The van der Waals surface area contributed by atoms with Crippen molar-refractivity contribution in [3.8, 4) is 11.1 Å². The first-order valence-electron chi connectivity index (χ1n) is 16.5. The molecule has 1 aliphatic carbocycles. The van der Waals surface area contributed by atoms with E-state index >= 15 is 0 Å². The molecule has 1 fully saturated rings. The molecule has 3 aromatic carbocycles. The molecule has 9 heteroatoms. The molecular weight excluding hydrogens is 611 g/mol. The first-order valence-corrected chi connectivity index (χ1v) is 19.4. The highest BCUT2D eigenvalue weighted by Gasteiger charge is 2.43. The summed E-state index contributed by atoms with van der Waals surface area (Å²) >= 11 is 0. The molecule has 8 nitrogen and oxygen atoms in total. The lowest BCUT2D eigenvalue weighted by Crippen LogP contribution is -2.47. The van der Waals surface area contributed by atoms with E-state index in [4.69, 9.17) is 23.4 Å². The normalized spacial score (nSPS) is 18.9. The molecule has 0 N–H and O–H groups in total. The first-order chi connectivity index (χ1) is 22.2. The summed E-state index contributed by atoms with van der Waals surface area (Å²) in [6, 6.07) is 26.3. The number of amides is 1. The molecule has 1 saturated heterocycles. The van der Waals surface area contributed by atoms with Crippen LogP contribution in [0.3, 0.4) is 0 Å². The fourth-order valence-corrected chi connectivity index (χ4v) is 6.87. The number of hydrogen-bond acceptors (Lipinski definition) is 7. The maximum atomic E-state index is 13.9. The van der Waals surface area contributed by atoms with Crippen molar-refractivity contribution >= 4 is 20.2 Å². The van der Waals surface area contributed by atoms with Crippen LogP contribution >= 0.6 is 0 Å². The zero-order valence-electron chi connectivity index (χ0n) is 28.8. The van der Waals surface area contributed by atoms with E-state index in [9.17, 15) is 9.59 Å². The second kappa shape index (κ2) is 14.4. The molecule has 252 valence electrons. The lowest BCUT2D eigenvalue weighted by Gasteiger charge is -2.36. The van der Waals surface area contributed by atoms with Gasteiger partial charge in [-0.15, -0.1) is 0 Å². The van der Waals surface area contributed by atoms with Gasteiger partial charge in [0.15, 0.2) is 19.9 Å². The van der Waals surface area contributed by atoms with Crippen LogP contribution in [0.15, 0.2) is 78.9 Å². The Morgan fingerprint density at radius 2 is 1.40 bits per heavy atom. The molecule has 2 atom stereocenters. The third kappa shape index (κ3) is 8.58. The van der Waals surface area contributed by atoms with Crippen LogP contribution in [0.1, 0.15) is 57.2 Å². The van der Waals surface area contributed by atoms with E-state index in [0.29, 0.717) is 6.61 Å². The number of carbonyl (C=O) groups excluding carboxylic acids is 2. The summed E-state index contributed by atoms with van der Waals surface area (Å²) < 4.78 is 30.7. The van der Waals surface area contributed by atoms with Gasteiger partial charge in [0.25, 0.3) is 0 Å². The van der Waals surface area contributed by atoms with Crippen molar-refractivity contribution in [2.24, 2.45) is 0 Å². The van der Waals surface area contributed by atoms with Gasteiger partial charge < -0.3 is 23.4 Å². The van der Waals surface area contributed by atoms with E-state index in [-0.39, 0.29) is 49.6 Å².